The van der Waals surface area contributed by atoms with Crippen LogP contribution in [0.3, 0.4) is 0 Å². The largest absolute Gasteiger partial charge is 0.469 e. The second-order valence-corrected chi connectivity index (χ2v) is 7.30. The van der Waals surface area contributed by atoms with Crippen LogP contribution in [0.1, 0.15) is 29.8 Å². The third kappa shape index (κ3) is 4.63. The monoisotopic (exact) mass is 454 g/mol. The predicted octanol–water partition coefficient (Wildman–Crippen LogP) is 1.46. The molecule has 0 fully saturated rings. The van der Waals surface area contributed by atoms with Crippen LogP contribution in [0, 0.1) is 5.82 Å². The summed E-state index contributed by atoms with van der Waals surface area (Å²) in [5.74, 6) is -0.944. The maximum atomic E-state index is 13.2. The number of halogens is 1. The molecule has 3 heterocycles. The average molecular weight is 454 g/mol. The fraction of sp³-hybridized carbons (Fsp3) is 0.238. The lowest BCUT2D eigenvalue weighted by atomic mass is 10.1. The van der Waals surface area contributed by atoms with E-state index in [4.69, 9.17) is 8.94 Å². The molecule has 0 aliphatic heterocycles. The van der Waals surface area contributed by atoms with E-state index in [-0.39, 0.29) is 29.1 Å². The first-order valence-corrected chi connectivity index (χ1v) is 9.97. The third-order valence-corrected chi connectivity index (χ3v) is 4.86. The van der Waals surface area contributed by atoms with Crippen LogP contribution in [0.4, 0.5) is 4.39 Å². The van der Waals surface area contributed by atoms with Crippen molar-refractivity contribution in [2.45, 2.75) is 25.8 Å². The molecule has 0 bridgehead atoms. The van der Waals surface area contributed by atoms with Gasteiger partial charge in [-0.25, -0.2) is 9.18 Å². The summed E-state index contributed by atoms with van der Waals surface area (Å²) in [5, 5.41) is 10.4. The van der Waals surface area contributed by atoms with Crippen LogP contribution in [-0.2, 0) is 13.5 Å². The van der Waals surface area contributed by atoms with Crippen LogP contribution in [0.5, 0.6) is 0 Å². The molecular formula is C21H19FN6O5. The molecule has 170 valence electrons. The molecule has 4 rings (SSSR count). The number of nitrogens with zero attached hydrogens (tertiary/aromatic N) is 5. The zero-order chi connectivity index (χ0) is 23.5. The topological polar surface area (TPSA) is 138 Å². The molecule has 0 radical (unpaired) electrons. The van der Waals surface area contributed by atoms with Gasteiger partial charge in [0.1, 0.15) is 11.6 Å². The molecule has 11 nitrogen and oxygen atoms in total. The van der Waals surface area contributed by atoms with E-state index in [1.165, 1.54) is 19.2 Å². The molecule has 0 aliphatic carbocycles. The molecule has 4 aromatic rings. The second-order valence-electron chi connectivity index (χ2n) is 7.30. The van der Waals surface area contributed by atoms with E-state index in [9.17, 15) is 18.8 Å². The molecule has 0 saturated carbocycles. The summed E-state index contributed by atoms with van der Waals surface area (Å²) < 4.78 is 25.2. The van der Waals surface area contributed by atoms with E-state index in [1.807, 2.05) is 13.0 Å². The van der Waals surface area contributed by atoms with Crippen LogP contribution in [-0.4, -0.2) is 36.4 Å². The first-order valence-electron chi connectivity index (χ1n) is 9.97. The maximum Gasteiger partial charge on any atom is 0.351 e. The maximum absolute atomic E-state index is 13.2. The van der Waals surface area contributed by atoms with Gasteiger partial charge in [0.05, 0.1) is 12.0 Å². The van der Waals surface area contributed by atoms with E-state index in [1.54, 1.807) is 12.3 Å². The van der Waals surface area contributed by atoms with E-state index >= 15 is 0 Å². The highest BCUT2D eigenvalue weighted by molar-refractivity contribution is 5.90. The van der Waals surface area contributed by atoms with Crippen LogP contribution in [0.2, 0.25) is 0 Å². The minimum Gasteiger partial charge on any atom is -0.469 e. The predicted molar refractivity (Wildman–Crippen MR) is 112 cm³/mol. The summed E-state index contributed by atoms with van der Waals surface area (Å²) in [6.45, 7) is 1.81. The molecule has 12 heteroatoms. The number of furan rings is 1. The van der Waals surface area contributed by atoms with Crippen molar-refractivity contribution in [1.82, 2.24) is 29.8 Å². The third-order valence-electron chi connectivity index (χ3n) is 4.86. The summed E-state index contributed by atoms with van der Waals surface area (Å²) in [4.78, 5) is 41.5. The first-order chi connectivity index (χ1) is 15.8. The Kier molecular flexibility index (Phi) is 5.98. The number of amides is 1. The van der Waals surface area contributed by atoms with E-state index in [0.717, 1.165) is 27.1 Å². The Morgan fingerprint density at radius 1 is 1.21 bits per heavy atom. The highest BCUT2D eigenvalue weighted by Crippen LogP contribution is 2.11. The smallest absolute Gasteiger partial charge is 0.351 e. The van der Waals surface area contributed by atoms with Gasteiger partial charge in [-0.3, -0.25) is 14.2 Å². The molecule has 0 spiro atoms. The Balaban J connectivity index is 1.56. The zero-order valence-corrected chi connectivity index (χ0v) is 17.7. The lowest BCUT2D eigenvalue weighted by molar-refractivity contribution is 0.0893. The minimum absolute atomic E-state index is 0.218. The van der Waals surface area contributed by atoms with Gasteiger partial charge in [0.2, 0.25) is 5.82 Å². The molecule has 1 atom stereocenters. The number of nitrogens with one attached hydrogen (secondary N) is 1. The van der Waals surface area contributed by atoms with Gasteiger partial charge in [-0.2, -0.15) is 14.8 Å². The lowest BCUT2D eigenvalue weighted by Crippen LogP contribution is -2.40. The lowest BCUT2D eigenvalue weighted by Gasteiger charge is -2.10. The summed E-state index contributed by atoms with van der Waals surface area (Å²) in [5.41, 5.74) is -1.61. The van der Waals surface area contributed by atoms with Crippen LogP contribution < -0.4 is 16.6 Å². The van der Waals surface area contributed by atoms with E-state index in [2.05, 4.69) is 20.6 Å². The van der Waals surface area contributed by atoms with Crippen LogP contribution in [0.25, 0.3) is 17.2 Å². The number of hydrogen-bond acceptors (Lipinski definition) is 8. The molecule has 3 aromatic heterocycles. The van der Waals surface area contributed by atoms with E-state index in [0.29, 0.717) is 12.8 Å². The molecule has 33 heavy (non-hydrogen) atoms. The number of carbonyl (C=O) groups excluding carboxylic acids is 1. The zero-order valence-electron chi connectivity index (χ0n) is 17.7. The first kappa shape index (κ1) is 21.9. The van der Waals surface area contributed by atoms with Gasteiger partial charge in [-0.15, -0.1) is 0 Å². The van der Waals surface area contributed by atoms with Crippen molar-refractivity contribution in [1.29, 1.82) is 0 Å². The minimum atomic E-state index is -0.780. The normalized spacial score (nSPS) is 12.0. The fourth-order valence-corrected chi connectivity index (χ4v) is 3.05. The molecule has 0 saturated heterocycles. The number of hydrogen-bond donors (Lipinski definition) is 1. The highest BCUT2D eigenvalue weighted by atomic mass is 19.1. The summed E-state index contributed by atoms with van der Waals surface area (Å²) in [6.07, 6.45) is 2.83. The van der Waals surface area contributed by atoms with Crippen LogP contribution >= 0.6 is 0 Å². The van der Waals surface area contributed by atoms with Gasteiger partial charge in [0.15, 0.2) is 5.69 Å². The van der Waals surface area contributed by atoms with Crippen molar-refractivity contribution >= 4 is 5.91 Å². The standard InChI is InChI=1S/C21H19FN6O5/c1-12(5-10-15-4-3-11-32-15)23-18(29)19-24-17(26-33-19)16-20(30)27(2)21(31)28(25-16)14-8-6-13(22)7-9-14/h3-4,6-9,11-12H,5,10H2,1-2H3,(H,23,29)/t12-/m0/s1. The molecule has 1 aromatic carbocycles. The molecule has 0 unspecified atom stereocenters. The van der Waals surface area contributed by atoms with Gasteiger partial charge in [0.25, 0.3) is 5.56 Å². The molecular weight excluding hydrogens is 435 g/mol. The number of aryl methyl sites for hydroxylation is 1. The Morgan fingerprint density at radius 3 is 2.67 bits per heavy atom. The fourth-order valence-electron chi connectivity index (χ4n) is 3.05. The van der Waals surface area contributed by atoms with Crippen molar-refractivity contribution in [3.8, 4) is 17.2 Å². The van der Waals surface area contributed by atoms with Gasteiger partial charge in [-0.05, 0) is 49.7 Å². The Bertz CT molecular complexity index is 1390. The Morgan fingerprint density at radius 2 is 1.97 bits per heavy atom. The van der Waals surface area contributed by atoms with Gasteiger partial charge >= 0.3 is 17.5 Å². The molecule has 0 aliphatic rings. The second kappa shape index (κ2) is 9.02. The number of aromatic nitrogens is 5. The van der Waals surface area contributed by atoms with Gasteiger partial charge < -0.3 is 14.3 Å². The van der Waals surface area contributed by atoms with Crippen molar-refractivity contribution in [3.63, 3.8) is 0 Å². The van der Waals surface area contributed by atoms with Crippen molar-refractivity contribution in [2.75, 3.05) is 0 Å². The highest BCUT2D eigenvalue weighted by Gasteiger charge is 2.22. The quantitative estimate of drug-likeness (QED) is 0.443. The SMILES string of the molecule is C[C@@H](CCc1ccco1)NC(=O)c1nc(-c2nn(-c3ccc(F)cc3)c(=O)n(C)c2=O)no1. The van der Waals surface area contributed by atoms with Crippen molar-refractivity contribution < 1.29 is 18.1 Å². The average Bonchev–Trinajstić information content (AvgIpc) is 3.50. The van der Waals surface area contributed by atoms with Gasteiger partial charge in [-0.1, -0.05) is 5.16 Å². The van der Waals surface area contributed by atoms with Crippen LogP contribution in [0.15, 0.2) is 61.2 Å². The number of rotatable bonds is 7. The number of carbonyl (C=O) groups is 1. The Hall–Kier alpha value is -4.35. The number of benzene rings is 1. The van der Waals surface area contributed by atoms with Gasteiger partial charge in [0, 0.05) is 19.5 Å². The summed E-state index contributed by atoms with van der Waals surface area (Å²) in [6, 6.07) is 8.38. The summed E-state index contributed by atoms with van der Waals surface area (Å²) >= 11 is 0. The molecule has 1 amide bonds. The van der Waals surface area contributed by atoms with Crippen molar-refractivity contribution in [3.05, 3.63) is 81.0 Å². The van der Waals surface area contributed by atoms with E-state index < -0.39 is 23.0 Å². The molecule has 1 N–H and O–H groups in total. The van der Waals surface area contributed by atoms with Crippen molar-refractivity contribution in [2.24, 2.45) is 7.05 Å². The Labute approximate surface area is 185 Å². The summed E-state index contributed by atoms with van der Waals surface area (Å²) in [7, 11) is 1.25.